The van der Waals surface area contributed by atoms with Crippen LogP contribution in [0.5, 0.6) is 0 Å². The maximum Gasteiger partial charge on any atom is 0.234 e. The lowest BCUT2D eigenvalue weighted by Crippen LogP contribution is -2.49. The molecule has 0 aromatic carbocycles. The van der Waals surface area contributed by atoms with Gasteiger partial charge in [0.1, 0.15) is 0 Å². The van der Waals surface area contributed by atoms with Crippen LogP contribution in [0.15, 0.2) is 0 Å². The zero-order chi connectivity index (χ0) is 12.0. The number of nitrogens with zero attached hydrogens (tertiary/aromatic N) is 2. The van der Waals surface area contributed by atoms with Crippen molar-refractivity contribution in [3.05, 3.63) is 0 Å². The highest BCUT2D eigenvalue weighted by molar-refractivity contribution is 5.79. The Labute approximate surface area is 98.0 Å². The standard InChI is InChI=1S/C11H24N4O/c1-3-10(11(12)16)14(2)8-9-15-6-4-13-5-7-15/h10,13H,3-9H2,1-2H3,(H2,12,16). The summed E-state index contributed by atoms with van der Waals surface area (Å²) in [6.45, 7) is 8.25. The van der Waals surface area contributed by atoms with E-state index >= 15 is 0 Å². The summed E-state index contributed by atoms with van der Waals surface area (Å²) in [5.74, 6) is -0.217. The molecule has 3 N–H and O–H groups in total. The minimum atomic E-state index is -0.217. The van der Waals surface area contributed by atoms with Crippen molar-refractivity contribution in [2.24, 2.45) is 5.73 Å². The summed E-state index contributed by atoms with van der Waals surface area (Å²) < 4.78 is 0. The Morgan fingerprint density at radius 1 is 1.50 bits per heavy atom. The van der Waals surface area contributed by atoms with Gasteiger partial charge in [0.2, 0.25) is 5.91 Å². The first-order chi connectivity index (χ1) is 7.65. The van der Waals surface area contributed by atoms with Gasteiger partial charge in [-0.3, -0.25) is 14.6 Å². The van der Waals surface area contributed by atoms with Gasteiger partial charge in [0, 0.05) is 39.3 Å². The molecule has 0 aromatic heterocycles. The molecule has 0 aliphatic carbocycles. The highest BCUT2D eigenvalue weighted by Crippen LogP contribution is 2.01. The average Bonchev–Trinajstić information content (AvgIpc) is 2.28. The smallest absolute Gasteiger partial charge is 0.234 e. The Balaban J connectivity index is 2.27. The van der Waals surface area contributed by atoms with E-state index in [2.05, 4.69) is 15.1 Å². The lowest BCUT2D eigenvalue weighted by Gasteiger charge is -2.31. The first kappa shape index (κ1) is 13.4. The highest BCUT2D eigenvalue weighted by Gasteiger charge is 2.19. The Bertz CT molecular complexity index is 216. The van der Waals surface area contributed by atoms with Gasteiger partial charge in [-0.15, -0.1) is 0 Å². The second-order valence-corrected chi connectivity index (χ2v) is 4.40. The third-order valence-corrected chi connectivity index (χ3v) is 3.23. The van der Waals surface area contributed by atoms with E-state index in [4.69, 9.17) is 5.73 Å². The Morgan fingerprint density at radius 3 is 2.62 bits per heavy atom. The van der Waals surface area contributed by atoms with Gasteiger partial charge in [-0.1, -0.05) is 6.92 Å². The number of nitrogens with one attached hydrogen (secondary N) is 1. The zero-order valence-corrected chi connectivity index (χ0v) is 10.4. The molecular weight excluding hydrogens is 204 g/mol. The van der Waals surface area contributed by atoms with Crippen molar-refractivity contribution >= 4 is 5.91 Å². The van der Waals surface area contributed by atoms with Gasteiger partial charge < -0.3 is 11.1 Å². The fraction of sp³-hybridized carbons (Fsp3) is 0.909. The van der Waals surface area contributed by atoms with E-state index in [1.54, 1.807) is 0 Å². The number of carbonyl (C=O) groups is 1. The number of rotatable bonds is 6. The van der Waals surface area contributed by atoms with E-state index in [1.165, 1.54) is 0 Å². The Kier molecular flexibility index (Phi) is 5.73. The number of hydrogen-bond acceptors (Lipinski definition) is 4. The van der Waals surface area contributed by atoms with Gasteiger partial charge in [-0.25, -0.2) is 0 Å². The third kappa shape index (κ3) is 4.08. The molecule has 5 nitrogen and oxygen atoms in total. The molecule has 94 valence electrons. The number of piperazine rings is 1. The first-order valence-corrected chi connectivity index (χ1v) is 6.07. The normalized spacial score (nSPS) is 19.9. The minimum absolute atomic E-state index is 0.122. The fourth-order valence-electron chi connectivity index (χ4n) is 2.12. The molecule has 0 bridgehead atoms. The molecule has 1 amide bonds. The van der Waals surface area contributed by atoms with Crippen LogP contribution in [-0.4, -0.2) is 68.1 Å². The fourth-order valence-corrected chi connectivity index (χ4v) is 2.12. The minimum Gasteiger partial charge on any atom is -0.368 e. The summed E-state index contributed by atoms with van der Waals surface area (Å²) in [7, 11) is 1.97. The van der Waals surface area contributed by atoms with Crippen molar-refractivity contribution in [2.75, 3.05) is 46.3 Å². The molecule has 1 rings (SSSR count). The average molecular weight is 228 g/mol. The maximum absolute atomic E-state index is 11.2. The van der Waals surface area contributed by atoms with E-state index < -0.39 is 0 Å². The summed E-state index contributed by atoms with van der Waals surface area (Å²) in [6, 6.07) is -0.122. The van der Waals surface area contributed by atoms with Crippen LogP contribution >= 0.6 is 0 Å². The maximum atomic E-state index is 11.2. The van der Waals surface area contributed by atoms with Crippen LogP contribution in [0.25, 0.3) is 0 Å². The number of likely N-dealkylation sites (N-methyl/N-ethyl adjacent to an activating group) is 1. The SMILES string of the molecule is CCC(C(N)=O)N(C)CCN1CCNCC1. The highest BCUT2D eigenvalue weighted by atomic mass is 16.1. The Morgan fingerprint density at radius 2 is 2.12 bits per heavy atom. The molecule has 5 heteroatoms. The molecule has 0 radical (unpaired) electrons. The molecule has 0 spiro atoms. The predicted octanol–water partition coefficient (Wildman–Crippen LogP) is -0.913. The molecule has 1 aliphatic heterocycles. The van der Waals surface area contributed by atoms with Crippen molar-refractivity contribution < 1.29 is 4.79 Å². The lowest BCUT2D eigenvalue weighted by atomic mass is 10.2. The van der Waals surface area contributed by atoms with Gasteiger partial charge in [0.25, 0.3) is 0 Å². The van der Waals surface area contributed by atoms with Crippen LogP contribution in [0.3, 0.4) is 0 Å². The second-order valence-electron chi connectivity index (χ2n) is 4.40. The summed E-state index contributed by atoms with van der Waals surface area (Å²) in [5.41, 5.74) is 5.35. The van der Waals surface area contributed by atoms with E-state index in [9.17, 15) is 4.79 Å². The van der Waals surface area contributed by atoms with Gasteiger partial charge in [-0.2, -0.15) is 0 Å². The van der Waals surface area contributed by atoms with Crippen molar-refractivity contribution in [3.8, 4) is 0 Å². The van der Waals surface area contributed by atoms with Gasteiger partial charge >= 0.3 is 0 Å². The molecule has 1 aliphatic rings. The summed E-state index contributed by atoms with van der Waals surface area (Å²) >= 11 is 0. The zero-order valence-electron chi connectivity index (χ0n) is 10.4. The number of carbonyl (C=O) groups excluding carboxylic acids is 1. The molecular formula is C11H24N4O. The summed E-state index contributed by atoms with van der Waals surface area (Å²) in [5, 5.41) is 3.33. The van der Waals surface area contributed by atoms with Crippen molar-refractivity contribution in [1.82, 2.24) is 15.1 Å². The molecule has 16 heavy (non-hydrogen) atoms. The number of hydrogen-bond donors (Lipinski definition) is 2. The Hall–Kier alpha value is -0.650. The second kappa shape index (κ2) is 6.83. The molecule has 0 aromatic rings. The van der Waals surface area contributed by atoms with E-state index in [0.717, 1.165) is 45.7 Å². The van der Waals surface area contributed by atoms with Crippen LogP contribution in [0.2, 0.25) is 0 Å². The number of primary amides is 1. The number of nitrogens with two attached hydrogens (primary N) is 1. The van der Waals surface area contributed by atoms with Crippen LogP contribution in [-0.2, 0) is 4.79 Å². The van der Waals surface area contributed by atoms with Crippen molar-refractivity contribution in [3.63, 3.8) is 0 Å². The molecule has 1 atom stereocenters. The molecule has 1 heterocycles. The largest absolute Gasteiger partial charge is 0.368 e. The molecule has 1 fully saturated rings. The quantitative estimate of drug-likeness (QED) is 0.618. The summed E-state index contributed by atoms with van der Waals surface area (Å²) in [6.07, 6.45) is 0.785. The van der Waals surface area contributed by atoms with Crippen molar-refractivity contribution in [1.29, 1.82) is 0 Å². The number of amides is 1. The van der Waals surface area contributed by atoms with Crippen LogP contribution in [0, 0.1) is 0 Å². The van der Waals surface area contributed by atoms with E-state index in [1.807, 2.05) is 14.0 Å². The molecule has 0 saturated carbocycles. The van der Waals surface area contributed by atoms with Crippen LogP contribution in [0.1, 0.15) is 13.3 Å². The topological polar surface area (TPSA) is 61.6 Å². The van der Waals surface area contributed by atoms with Crippen molar-refractivity contribution in [2.45, 2.75) is 19.4 Å². The monoisotopic (exact) mass is 228 g/mol. The summed E-state index contributed by atoms with van der Waals surface area (Å²) in [4.78, 5) is 15.7. The van der Waals surface area contributed by atoms with Gasteiger partial charge in [-0.05, 0) is 13.5 Å². The van der Waals surface area contributed by atoms with Crippen LogP contribution < -0.4 is 11.1 Å². The van der Waals surface area contributed by atoms with Gasteiger partial charge in [0.05, 0.1) is 6.04 Å². The van der Waals surface area contributed by atoms with Crippen LogP contribution in [0.4, 0.5) is 0 Å². The first-order valence-electron chi connectivity index (χ1n) is 6.07. The van der Waals surface area contributed by atoms with Gasteiger partial charge in [0.15, 0.2) is 0 Å². The third-order valence-electron chi connectivity index (χ3n) is 3.23. The molecule has 1 saturated heterocycles. The molecule has 1 unspecified atom stereocenters. The van der Waals surface area contributed by atoms with E-state index in [-0.39, 0.29) is 11.9 Å². The lowest BCUT2D eigenvalue weighted by molar-refractivity contribution is -0.122. The van der Waals surface area contributed by atoms with E-state index in [0.29, 0.717) is 0 Å². The predicted molar refractivity (Wildman–Crippen MR) is 65.2 cm³/mol.